The van der Waals surface area contributed by atoms with Crippen molar-refractivity contribution in [1.82, 2.24) is 30.2 Å². The van der Waals surface area contributed by atoms with E-state index >= 15 is 0 Å². The zero-order valence-electron chi connectivity index (χ0n) is 33.0. The number of hydrogen-bond donors (Lipinski definition) is 2. The molecule has 2 fully saturated rings. The molecule has 11 nitrogen and oxygen atoms in total. The maximum absolute atomic E-state index is 14.2. The summed E-state index contributed by atoms with van der Waals surface area (Å²) < 4.78 is 13.4. The first-order chi connectivity index (χ1) is 25.4. The van der Waals surface area contributed by atoms with Crippen molar-refractivity contribution in [2.24, 2.45) is 17.8 Å². The molecule has 288 valence electrons. The lowest BCUT2D eigenvalue weighted by Crippen LogP contribution is -2.59. The summed E-state index contributed by atoms with van der Waals surface area (Å²) in [5.41, 5.74) is 2.72. The van der Waals surface area contributed by atoms with E-state index in [2.05, 4.69) is 43.4 Å². The van der Waals surface area contributed by atoms with Crippen molar-refractivity contribution in [2.45, 2.75) is 77.2 Å². The predicted molar refractivity (Wildman–Crippen MR) is 209 cm³/mol. The van der Waals surface area contributed by atoms with Gasteiger partial charge in [-0.25, -0.2) is 4.68 Å². The van der Waals surface area contributed by atoms with Gasteiger partial charge < -0.3 is 34.7 Å². The molecule has 2 aliphatic carbocycles. The van der Waals surface area contributed by atoms with Crippen LogP contribution in [0.25, 0.3) is 16.9 Å². The molecule has 0 radical (unpaired) electrons. The highest BCUT2D eigenvalue weighted by Crippen LogP contribution is 2.47. The van der Waals surface area contributed by atoms with Crippen molar-refractivity contribution < 1.29 is 23.9 Å². The monoisotopic (exact) mass is 728 g/mol. The lowest BCUT2D eigenvalue weighted by Gasteiger charge is -2.48. The van der Waals surface area contributed by atoms with Crippen LogP contribution in [0, 0.1) is 17.8 Å². The van der Waals surface area contributed by atoms with Crippen LogP contribution in [-0.4, -0.2) is 105 Å². The van der Waals surface area contributed by atoms with Crippen LogP contribution in [0.1, 0.15) is 98.0 Å². The van der Waals surface area contributed by atoms with E-state index in [1.54, 1.807) is 29.9 Å². The van der Waals surface area contributed by atoms with E-state index in [0.717, 1.165) is 69.3 Å². The molecule has 53 heavy (non-hydrogen) atoms. The zero-order valence-corrected chi connectivity index (χ0v) is 33.0. The summed E-state index contributed by atoms with van der Waals surface area (Å²) in [6.45, 7) is 9.96. The molecule has 4 atom stereocenters. The second kappa shape index (κ2) is 17.7. The minimum Gasteiger partial charge on any atom is -0.496 e. The number of hydrogen-bond acceptors (Lipinski definition) is 8. The van der Waals surface area contributed by atoms with Crippen molar-refractivity contribution in [3.63, 3.8) is 0 Å². The van der Waals surface area contributed by atoms with E-state index in [4.69, 9.17) is 14.6 Å². The lowest BCUT2D eigenvalue weighted by molar-refractivity contribution is -0.118. The Labute approximate surface area is 315 Å². The number of carbonyl (C=O) groups excluding carboxylic acids is 3. The van der Waals surface area contributed by atoms with Crippen LogP contribution in [0.15, 0.2) is 42.5 Å². The van der Waals surface area contributed by atoms with E-state index < -0.39 is 11.4 Å². The molecule has 0 spiro atoms. The molecule has 2 saturated carbocycles. The van der Waals surface area contributed by atoms with E-state index in [1.807, 2.05) is 50.5 Å². The normalized spacial score (nSPS) is 21.1. The highest BCUT2D eigenvalue weighted by Gasteiger charge is 2.48. The topological polar surface area (TPSA) is 118 Å². The average molecular weight is 729 g/mol. The maximum atomic E-state index is 14.2. The fourth-order valence-electron chi connectivity index (χ4n) is 8.51. The molecular formula is C42H60N6O5. The van der Waals surface area contributed by atoms with Gasteiger partial charge in [0.2, 0.25) is 0 Å². The second-order valence-electron chi connectivity index (χ2n) is 15.7. The van der Waals surface area contributed by atoms with Crippen molar-refractivity contribution in [3.05, 3.63) is 59.3 Å². The molecule has 2 N–H and O–H groups in total. The average Bonchev–Trinajstić information content (AvgIpc) is 3.60. The van der Waals surface area contributed by atoms with Crippen LogP contribution in [0.4, 0.5) is 0 Å². The standard InChI is InChI=1S/C42H60N6O5/c1-28(2)33-25-31(41(51)47(6)21-11-20-46(5)19-10-18-43-4)14-15-35(33)48-36(39-37(52-7)12-9-13-38(39)53-8)26-34(45-48)40(50)44-42(27-49)17-16-30-22-29(3)23-32(42)24-30/h9,12-15,25-30,32,43H,10-11,16-24H2,1-8H3,(H,44,50). The van der Waals surface area contributed by atoms with Crippen LogP contribution >= 0.6 is 0 Å². The molecule has 2 amide bonds. The number of rotatable bonds is 17. The van der Waals surface area contributed by atoms with Crippen molar-refractivity contribution in [2.75, 3.05) is 61.5 Å². The molecule has 3 aromatic rings. The third-order valence-corrected chi connectivity index (χ3v) is 11.4. The number of fused-ring (bicyclic) bond motifs is 2. The molecule has 5 rings (SSSR count). The van der Waals surface area contributed by atoms with Gasteiger partial charge in [0.15, 0.2) is 5.69 Å². The number of amides is 2. The molecular weight excluding hydrogens is 668 g/mol. The molecule has 2 bridgehead atoms. The smallest absolute Gasteiger partial charge is 0.272 e. The van der Waals surface area contributed by atoms with Crippen LogP contribution in [-0.2, 0) is 4.79 Å². The van der Waals surface area contributed by atoms with Crippen LogP contribution in [0.2, 0.25) is 0 Å². The number of nitrogens with zero attached hydrogens (tertiary/aromatic N) is 4. The Bertz CT molecular complexity index is 1710. The fraction of sp³-hybridized carbons (Fsp3) is 0.571. The van der Waals surface area contributed by atoms with E-state index in [9.17, 15) is 14.4 Å². The van der Waals surface area contributed by atoms with Crippen LogP contribution in [0.5, 0.6) is 11.5 Å². The van der Waals surface area contributed by atoms with Gasteiger partial charge in [-0.05, 0) is 144 Å². The van der Waals surface area contributed by atoms with Gasteiger partial charge in [-0.1, -0.05) is 26.8 Å². The maximum Gasteiger partial charge on any atom is 0.272 e. The van der Waals surface area contributed by atoms with Gasteiger partial charge in [-0.15, -0.1) is 0 Å². The first kappa shape index (κ1) is 40.0. The summed E-state index contributed by atoms with van der Waals surface area (Å²) in [5, 5.41) is 11.3. The summed E-state index contributed by atoms with van der Waals surface area (Å²) in [4.78, 5) is 44.8. The van der Waals surface area contributed by atoms with Gasteiger partial charge in [-0.3, -0.25) is 9.59 Å². The third kappa shape index (κ3) is 8.95. The van der Waals surface area contributed by atoms with Gasteiger partial charge >= 0.3 is 0 Å². The molecule has 4 unspecified atom stereocenters. The Balaban J connectivity index is 1.49. The number of carbonyl (C=O) groups is 3. The first-order valence-electron chi connectivity index (χ1n) is 19.3. The van der Waals surface area contributed by atoms with Crippen molar-refractivity contribution in [1.29, 1.82) is 0 Å². The zero-order chi connectivity index (χ0) is 38.3. The quantitative estimate of drug-likeness (QED) is 0.125. The number of aldehydes is 1. The lowest BCUT2D eigenvalue weighted by atomic mass is 9.60. The van der Waals surface area contributed by atoms with E-state index in [-0.39, 0.29) is 23.4 Å². The van der Waals surface area contributed by atoms with Gasteiger partial charge in [0.25, 0.3) is 11.8 Å². The third-order valence-electron chi connectivity index (χ3n) is 11.4. The second-order valence-corrected chi connectivity index (χ2v) is 15.7. The minimum atomic E-state index is -0.923. The summed E-state index contributed by atoms with van der Waals surface area (Å²) in [6, 6.07) is 13.0. The Kier molecular flexibility index (Phi) is 13.4. The largest absolute Gasteiger partial charge is 0.496 e. The Morgan fingerprint density at radius 3 is 2.40 bits per heavy atom. The van der Waals surface area contributed by atoms with Gasteiger partial charge in [-0.2, -0.15) is 5.10 Å². The summed E-state index contributed by atoms with van der Waals surface area (Å²) in [5.74, 6) is 1.91. The van der Waals surface area contributed by atoms with Gasteiger partial charge in [0, 0.05) is 19.2 Å². The Morgan fingerprint density at radius 2 is 1.74 bits per heavy atom. The van der Waals surface area contributed by atoms with E-state index in [0.29, 0.717) is 53.1 Å². The molecule has 1 heterocycles. The van der Waals surface area contributed by atoms with Gasteiger partial charge in [0.05, 0.1) is 36.7 Å². The molecule has 11 heteroatoms. The molecule has 2 aliphatic rings. The number of aromatic nitrogens is 2. The number of methoxy groups -OCH3 is 2. The minimum absolute atomic E-state index is 0.0185. The molecule has 0 aliphatic heterocycles. The molecule has 0 saturated heterocycles. The summed E-state index contributed by atoms with van der Waals surface area (Å²) in [7, 11) is 9.13. The van der Waals surface area contributed by atoms with E-state index in [1.165, 1.54) is 6.42 Å². The highest BCUT2D eigenvalue weighted by molar-refractivity contribution is 5.97. The van der Waals surface area contributed by atoms with Crippen molar-refractivity contribution in [3.8, 4) is 28.4 Å². The SMILES string of the molecule is CNCCCN(C)CCCN(C)C(=O)c1ccc(-n2nc(C(=O)NC3(C=O)CCC4CC(C)CC3C4)cc2-c2c(OC)cccc2OC)c(C(C)C)c1. The molecule has 2 aromatic carbocycles. The predicted octanol–water partition coefficient (Wildman–Crippen LogP) is 6.20. The Morgan fingerprint density at radius 1 is 1.02 bits per heavy atom. The van der Waals surface area contributed by atoms with Crippen LogP contribution in [0.3, 0.4) is 0 Å². The number of ether oxygens (including phenoxy) is 2. The summed E-state index contributed by atoms with van der Waals surface area (Å²) in [6.07, 6.45) is 7.53. The number of benzene rings is 2. The Hall–Kier alpha value is -4.22. The fourth-order valence-corrected chi connectivity index (χ4v) is 8.51. The van der Waals surface area contributed by atoms with Crippen LogP contribution < -0.4 is 20.1 Å². The molecule has 1 aromatic heterocycles. The first-order valence-corrected chi connectivity index (χ1v) is 19.3. The summed E-state index contributed by atoms with van der Waals surface area (Å²) >= 11 is 0. The highest BCUT2D eigenvalue weighted by atomic mass is 16.5. The number of nitrogens with one attached hydrogen (secondary N) is 2. The van der Waals surface area contributed by atoms with Crippen molar-refractivity contribution >= 4 is 18.1 Å². The van der Waals surface area contributed by atoms with Gasteiger partial charge in [0.1, 0.15) is 17.8 Å².